The van der Waals surface area contributed by atoms with Crippen molar-refractivity contribution in [3.05, 3.63) is 0 Å². The van der Waals surface area contributed by atoms with Gasteiger partial charge in [0.05, 0.1) is 12.5 Å². The molecule has 0 spiro atoms. The topological polar surface area (TPSA) is 26.3 Å². The molecule has 0 aliphatic rings. The molecule has 0 amide bonds. The molecule has 0 heterocycles. The van der Waals surface area contributed by atoms with Gasteiger partial charge in [-0.3, -0.25) is 4.79 Å². The molecular weight excluding hydrogens is 212 g/mol. The molecule has 0 radical (unpaired) electrons. The van der Waals surface area contributed by atoms with Gasteiger partial charge in [0.1, 0.15) is 0 Å². The number of hydrogen-bond acceptors (Lipinski definition) is 2. The van der Waals surface area contributed by atoms with Gasteiger partial charge in [0.25, 0.3) is 0 Å². The molecular formula is C15H30O2. The standard InChI is InChI=1S/C15H30O2/c1-4-6-7-8-9-10-11-12-13-14(3)15(16)17-5-2/h14H,4-13H2,1-3H3/t14-/m0/s1. The first-order chi connectivity index (χ1) is 8.22. The normalized spacial score (nSPS) is 12.4. The summed E-state index contributed by atoms with van der Waals surface area (Å²) in [6.07, 6.45) is 11.5. The van der Waals surface area contributed by atoms with Crippen LogP contribution >= 0.6 is 0 Å². The number of rotatable bonds is 11. The second kappa shape index (κ2) is 11.9. The van der Waals surface area contributed by atoms with Crippen molar-refractivity contribution in [2.75, 3.05) is 6.61 Å². The van der Waals surface area contributed by atoms with Crippen LogP contribution in [-0.4, -0.2) is 12.6 Å². The van der Waals surface area contributed by atoms with Crippen LogP contribution in [-0.2, 0) is 9.53 Å². The molecule has 0 bridgehead atoms. The summed E-state index contributed by atoms with van der Waals surface area (Å²) in [6.45, 7) is 6.58. The summed E-state index contributed by atoms with van der Waals surface area (Å²) < 4.78 is 4.99. The number of carbonyl (C=O) groups excluding carboxylic acids is 1. The first-order valence-corrected chi connectivity index (χ1v) is 7.39. The van der Waals surface area contributed by atoms with Crippen LogP contribution in [0.5, 0.6) is 0 Å². The minimum Gasteiger partial charge on any atom is -0.466 e. The lowest BCUT2D eigenvalue weighted by molar-refractivity contribution is -0.147. The quantitative estimate of drug-likeness (QED) is 0.387. The molecule has 0 fully saturated rings. The molecule has 0 aromatic heterocycles. The number of ether oxygens (including phenoxy) is 1. The Kier molecular flexibility index (Phi) is 11.6. The van der Waals surface area contributed by atoms with Crippen molar-refractivity contribution in [2.45, 2.75) is 78.6 Å². The largest absolute Gasteiger partial charge is 0.466 e. The van der Waals surface area contributed by atoms with Crippen molar-refractivity contribution in [1.29, 1.82) is 0 Å². The molecule has 102 valence electrons. The lowest BCUT2D eigenvalue weighted by atomic mass is 10.0. The van der Waals surface area contributed by atoms with Gasteiger partial charge in [-0.1, -0.05) is 65.2 Å². The summed E-state index contributed by atoms with van der Waals surface area (Å²) in [5.74, 6) is 0.0467. The molecule has 0 saturated carbocycles. The summed E-state index contributed by atoms with van der Waals surface area (Å²) in [4.78, 5) is 11.4. The Morgan fingerprint density at radius 1 is 0.941 bits per heavy atom. The zero-order valence-electron chi connectivity index (χ0n) is 12.0. The number of carbonyl (C=O) groups is 1. The summed E-state index contributed by atoms with van der Waals surface area (Å²) in [5, 5.41) is 0. The molecule has 0 aliphatic heterocycles. The lowest BCUT2D eigenvalue weighted by Gasteiger charge is -2.09. The average molecular weight is 242 g/mol. The highest BCUT2D eigenvalue weighted by atomic mass is 16.5. The van der Waals surface area contributed by atoms with Crippen LogP contribution in [0.4, 0.5) is 0 Å². The van der Waals surface area contributed by atoms with Crippen LogP contribution in [0.25, 0.3) is 0 Å². The van der Waals surface area contributed by atoms with Crippen molar-refractivity contribution in [2.24, 2.45) is 5.92 Å². The maximum absolute atomic E-state index is 11.4. The monoisotopic (exact) mass is 242 g/mol. The predicted octanol–water partition coefficient (Wildman–Crippen LogP) is 4.72. The van der Waals surface area contributed by atoms with Crippen molar-refractivity contribution < 1.29 is 9.53 Å². The van der Waals surface area contributed by atoms with E-state index in [4.69, 9.17) is 4.74 Å². The molecule has 0 aliphatic carbocycles. The summed E-state index contributed by atoms with van der Waals surface area (Å²) in [6, 6.07) is 0. The fourth-order valence-corrected chi connectivity index (χ4v) is 1.99. The van der Waals surface area contributed by atoms with Crippen LogP contribution in [0.2, 0.25) is 0 Å². The van der Waals surface area contributed by atoms with E-state index >= 15 is 0 Å². The van der Waals surface area contributed by atoms with Gasteiger partial charge in [-0.05, 0) is 13.3 Å². The second-order valence-corrected chi connectivity index (χ2v) is 4.92. The predicted molar refractivity (Wildman–Crippen MR) is 73.0 cm³/mol. The van der Waals surface area contributed by atoms with E-state index in [2.05, 4.69) is 6.92 Å². The smallest absolute Gasteiger partial charge is 0.308 e. The SMILES string of the molecule is CCCCCCCCCC[C@H](C)C(=O)OCC. The Labute approximate surface area is 107 Å². The van der Waals surface area contributed by atoms with E-state index in [1.165, 1.54) is 44.9 Å². The summed E-state index contributed by atoms with van der Waals surface area (Å²) in [7, 11) is 0. The minimum absolute atomic E-state index is 0.0320. The van der Waals surface area contributed by atoms with Crippen molar-refractivity contribution in [1.82, 2.24) is 0 Å². The molecule has 17 heavy (non-hydrogen) atoms. The third-order valence-electron chi connectivity index (χ3n) is 3.18. The van der Waals surface area contributed by atoms with E-state index in [9.17, 15) is 4.79 Å². The van der Waals surface area contributed by atoms with Crippen LogP contribution in [0.3, 0.4) is 0 Å². The Morgan fingerprint density at radius 2 is 1.47 bits per heavy atom. The van der Waals surface area contributed by atoms with Crippen LogP contribution < -0.4 is 0 Å². The Morgan fingerprint density at radius 3 is 2.00 bits per heavy atom. The fourth-order valence-electron chi connectivity index (χ4n) is 1.99. The maximum atomic E-state index is 11.4. The van der Waals surface area contributed by atoms with Gasteiger partial charge in [0.2, 0.25) is 0 Å². The van der Waals surface area contributed by atoms with E-state index in [-0.39, 0.29) is 11.9 Å². The molecule has 0 rings (SSSR count). The fraction of sp³-hybridized carbons (Fsp3) is 0.933. The first-order valence-electron chi connectivity index (χ1n) is 7.39. The molecule has 0 N–H and O–H groups in total. The van der Waals surface area contributed by atoms with E-state index in [1.54, 1.807) is 0 Å². The van der Waals surface area contributed by atoms with Gasteiger partial charge in [0, 0.05) is 0 Å². The molecule has 2 nitrogen and oxygen atoms in total. The highest BCUT2D eigenvalue weighted by Gasteiger charge is 2.12. The van der Waals surface area contributed by atoms with E-state index in [0.717, 1.165) is 12.8 Å². The summed E-state index contributed by atoms with van der Waals surface area (Å²) in [5.41, 5.74) is 0. The van der Waals surface area contributed by atoms with E-state index in [1.807, 2.05) is 13.8 Å². The second-order valence-electron chi connectivity index (χ2n) is 4.92. The molecule has 0 saturated heterocycles. The van der Waals surface area contributed by atoms with E-state index in [0.29, 0.717) is 6.61 Å². The maximum Gasteiger partial charge on any atom is 0.308 e. The van der Waals surface area contributed by atoms with Gasteiger partial charge in [-0.2, -0.15) is 0 Å². The molecule has 0 aromatic rings. The van der Waals surface area contributed by atoms with Gasteiger partial charge in [0.15, 0.2) is 0 Å². The average Bonchev–Trinajstić information content (AvgIpc) is 2.32. The number of esters is 1. The number of unbranched alkanes of at least 4 members (excludes halogenated alkanes) is 7. The molecule has 0 aromatic carbocycles. The third kappa shape index (κ3) is 10.3. The Bertz CT molecular complexity index is 178. The molecule has 1 atom stereocenters. The summed E-state index contributed by atoms with van der Waals surface area (Å²) >= 11 is 0. The zero-order valence-corrected chi connectivity index (χ0v) is 12.0. The zero-order chi connectivity index (χ0) is 12.9. The first kappa shape index (κ1) is 16.5. The Balaban J connectivity index is 3.24. The highest BCUT2D eigenvalue weighted by molar-refractivity contribution is 5.71. The highest BCUT2D eigenvalue weighted by Crippen LogP contribution is 2.13. The van der Waals surface area contributed by atoms with Crippen LogP contribution in [0.1, 0.15) is 78.6 Å². The molecule has 0 unspecified atom stereocenters. The minimum atomic E-state index is -0.0320. The van der Waals surface area contributed by atoms with Gasteiger partial charge in [-0.25, -0.2) is 0 Å². The van der Waals surface area contributed by atoms with Gasteiger partial charge >= 0.3 is 5.97 Å². The lowest BCUT2D eigenvalue weighted by Crippen LogP contribution is -2.14. The van der Waals surface area contributed by atoms with Crippen LogP contribution in [0.15, 0.2) is 0 Å². The third-order valence-corrected chi connectivity index (χ3v) is 3.18. The number of hydrogen-bond donors (Lipinski definition) is 0. The van der Waals surface area contributed by atoms with Crippen molar-refractivity contribution >= 4 is 5.97 Å². The van der Waals surface area contributed by atoms with Crippen molar-refractivity contribution in [3.8, 4) is 0 Å². The molecule has 2 heteroatoms. The van der Waals surface area contributed by atoms with Crippen LogP contribution in [0, 0.1) is 5.92 Å². The van der Waals surface area contributed by atoms with Gasteiger partial charge < -0.3 is 4.74 Å². The Hall–Kier alpha value is -0.530. The van der Waals surface area contributed by atoms with Crippen molar-refractivity contribution in [3.63, 3.8) is 0 Å². The van der Waals surface area contributed by atoms with E-state index < -0.39 is 0 Å². The van der Waals surface area contributed by atoms with Gasteiger partial charge in [-0.15, -0.1) is 0 Å².